The van der Waals surface area contributed by atoms with Crippen LogP contribution < -0.4 is 0 Å². The molecule has 0 aromatic heterocycles. The summed E-state index contributed by atoms with van der Waals surface area (Å²) < 4.78 is 0. The SMILES string of the molecule is CC(C)N=NCc1ccccc1. The molecule has 0 aliphatic carbocycles. The third-order valence-electron chi connectivity index (χ3n) is 1.41. The van der Waals surface area contributed by atoms with Crippen LogP contribution in [-0.2, 0) is 6.54 Å². The van der Waals surface area contributed by atoms with Gasteiger partial charge in [-0.05, 0) is 19.4 Å². The first-order chi connectivity index (χ1) is 5.79. The average Bonchev–Trinajstić information content (AvgIpc) is 2.05. The molecule has 0 heterocycles. The van der Waals surface area contributed by atoms with Crippen LogP contribution in [-0.4, -0.2) is 6.04 Å². The quantitative estimate of drug-likeness (QED) is 0.610. The van der Waals surface area contributed by atoms with Crippen LogP contribution in [0.2, 0.25) is 0 Å². The van der Waals surface area contributed by atoms with Gasteiger partial charge in [-0.3, -0.25) is 0 Å². The predicted octanol–water partition coefficient (Wildman–Crippen LogP) is 3.05. The zero-order chi connectivity index (χ0) is 8.81. The molecule has 0 aliphatic rings. The van der Waals surface area contributed by atoms with E-state index in [-0.39, 0.29) is 0 Å². The van der Waals surface area contributed by atoms with Crippen LogP contribution in [0.15, 0.2) is 40.6 Å². The van der Waals surface area contributed by atoms with Crippen LogP contribution in [0.1, 0.15) is 19.4 Å². The molecule has 0 atom stereocenters. The van der Waals surface area contributed by atoms with Crippen molar-refractivity contribution in [3.05, 3.63) is 35.9 Å². The lowest BCUT2D eigenvalue weighted by molar-refractivity contribution is 0.735. The fourth-order valence-electron chi connectivity index (χ4n) is 0.869. The predicted molar refractivity (Wildman–Crippen MR) is 50.1 cm³/mol. The molecular formula is C10H14N2. The summed E-state index contributed by atoms with van der Waals surface area (Å²) in [5, 5.41) is 8.11. The van der Waals surface area contributed by atoms with Crippen molar-refractivity contribution in [1.29, 1.82) is 0 Å². The minimum Gasteiger partial charge on any atom is -0.191 e. The molecule has 0 aliphatic heterocycles. The normalized spacial score (nSPS) is 11.2. The molecule has 0 bridgehead atoms. The van der Waals surface area contributed by atoms with Gasteiger partial charge in [0.25, 0.3) is 0 Å². The first-order valence-electron chi connectivity index (χ1n) is 4.19. The Balaban J connectivity index is 2.43. The fourth-order valence-corrected chi connectivity index (χ4v) is 0.869. The Labute approximate surface area is 73.3 Å². The molecule has 0 radical (unpaired) electrons. The Hall–Kier alpha value is -1.18. The van der Waals surface area contributed by atoms with Crippen LogP contribution in [0.3, 0.4) is 0 Å². The van der Waals surface area contributed by atoms with Crippen molar-refractivity contribution in [2.24, 2.45) is 10.2 Å². The van der Waals surface area contributed by atoms with Gasteiger partial charge in [0, 0.05) is 0 Å². The minimum atomic E-state index is 0.300. The largest absolute Gasteiger partial charge is 0.191 e. The summed E-state index contributed by atoms with van der Waals surface area (Å²) >= 11 is 0. The summed E-state index contributed by atoms with van der Waals surface area (Å²) in [5.41, 5.74) is 1.21. The highest BCUT2D eigenvalue weighted by Gasteiger charge is 1.88. The third kappa shape index (κ3) is 3.28. The molecular weight excluding hydrogens is 148 g/mol. The Bertz CT molecular complexity index is 239. The third-order valence-corrected chi connectivity index (χ3v) is 1.41. The minimum absolute atomic E-state index is 0.300. The van der Waals surface area contributed by atoms with Crippen LogP contribution in [0.5, 0.6) is 0 Å². The van der Waals surface area contributed by atoms with Gasteiger partial charge in [0.05, 0.1) is 12.6 Å². The highest BCUT2D eigenvalue weighted by molar-refractivity contribution is 5.14. The summed E-state index contributed by atoms with van der Waals surface area (Å²) in [6.45, 7) is 4.74. The van der Waals surface area contributed by atoms with Crippen molar-refractivity contribution < 1.29 is 0 Å². The maximum Gasteiger partial charge on any atom is 0.0849 e. The van der Waals surface area contributed by atoms with E-state index in [1.807, 2.05) is 32.0 Å². The smallest absolute Gasteiger partial charge is 0.0849 e. The van der Waals surface area contributed by atoms with E-state index in [1.54, 1.807) is 0 Å². The topological polar surface area (TPSA) is 24.7 Å². The monoisotopic (exact) mass is 162 g/mol. The van der Waals surface area contributed by atoms with Gasteiger partial charge in [0.15, 0.2) is 0 Å². The molecule has 1 aromatic rings. The molecule has 0 saturated heterocycles. The first-order valence-corrected chi connectivity index (χ1v) is 4.19. The number of benzene rings is 1. The average molecular weight is 162 g/mol. The van der Waals surface area contributed by atoms with Crippen LogP contribution in [0.4, 0.5) is 0 Å². The van der Waals surface area contributed by atoms with Gasteiger partial charge in [-0.1, -0.05) is 30.3 Å². The van der Waals surface area contributed by atoms with Crippen LogP contribution in [0, 0.1) is 0 Å². The maximum absolute atomic E-state index is 4.07. The summed E-state index contributed by atoms with van der Waals surface area (Å²) in [6, 6.07) is 10.4. The van der Waals surface area contributed by atoms with Gasteiger partial charge < -0.3 is 0 Å². The molecule has 1 rings (SSSR count). The molecule has 2 heteroatoms. The second-order valence-corrected chi connectivity index (χ2v) is 2.99. The summed E-state index contributed by atoms with van der Waals surface area (Å²) in [6.07, 6.45) is 0. The standard InChI is InChI=1S/C10H14N2/c1-9(2)12-11-8-10-6-4-3-5-7-10/h3-7,9H,8H2,1-2H3. The second kappa shape index (κ2) is 4.65. The molecule has 1 aromatic carbocycles. The van der Waals surface area contributed by atoms with E-state index in [2.05, 4.69) is 22.4 Å². The lowest BCUT2D eigenvalue weighted by atomic mass is 10.2. The van der Waals surface area contributed by atoms with Gasteiger partial charge in [0.1, 0.15) is 0 Å². The van der Waals surface area contributed by atoms with E-state index >= 15 is 0 Å². The van der Waals surface area contributed by atoms with Crippen LogP contribution >= 0.6 is 0 Å². The molecule has 0 spiro atoms. The van der Waals surface area contributed by atoms with Crippen molar-refractivity contribution in [1.82, 2.24) is 0 Å². The van der Waals surface area contributed by atoms with E-state index in [9.17, 15) is 0 Å². The summed E-state index contributed by atoms with van der Waals surface area (Å²) in [5.74, 6) is 0. The van der Waals surface area contributed by atoms with Crippen molar-refractivity contribution >= 4 is 0 Å². The Morgan fingerprint density at radius 2 is 1.83 bits per heavy atom. The Morgan fingerprint density at radius 1 is 1.17 bits per heavy atom. The number of nitrogens with zero attached hydrogens (tertiary/aromatic N) is 2. The van der Waals surface area contributed by atoms with Gasteiger partial charge in [0.2, 0.25) is 0 Å². The highest BCUT2D eigenvalue weighted by atomic mass is 15.1. The molecule has 0 amide bonds. The summed E-state index contributed by atoms with van der Waals surface area (Å²) in [4.78, 5) is 0. The maximum atomic E-state index is 4.07. The van der Waals surface area contributed by atoms with Crippen molar-refractivity contribution in [3.63, 3.8) is 0 Å². The van der Waals surface area contributed by atoms with E-state index < -0.39 is 0 Å². The molecule has 0 N–H and O–H groups in total. The van der Waals surface area contributed by atoms with Crippen molar-refractivity contribution in [2.75, 3.05) is 0 Å². The Morgan fingerprint density at radius 3 is 2.42 bits per heavy atom. The van der Waals surface area contributed by atoms with E-state index in [1.165, 1.54) is 5.56 Å². The van der Waals surface area contributed by atoms with Crippen molar-refractivity contribution in [2.45, 2.75) is 26.4 Å². The van der Waals surface area contributed by atoms with E-state index in [0.29, 0.717) is 12.6 Å². The zero-order valence-electron chi connectivity index (χ0n) is 7.57. The van der Waals surface area contributed by atoms with Gasteiger partial charge in [-0.15, -0.1) is 0 Å². The van der Waals surface area contributed by atoms with Gasteiger partial charge >= 0.3 is 0 Å². The molecule has 64 valence electrons. The number of hydrogen-bond acceptors (Lipinski definition) is 2. The number of rotatable bonds is 3. The second-order valence-electron chi connectivity index (χ2n) is 2.99. The van der Waals surface area contributed by atoms with E-state index in [0.717, 1.165) is 0 Å². The lowest BCUT2D eigenvalue weighted by Gasteiger charge is -1.95. The van der Waals surface area contributed by atoms with Crippen LogP contribution in [0.25, 0.3) is 0 Å². The first kappa shape index (κ1) is 8.91. The lowest BCUT2D eigenvalue weighted by Crippen LogP contribution is -1.86. The number of hydrogen-bond donors (Lipinski definition) is 0. The van der Waals surface area contributed by atoms with E-state index in [4.69, 9.17) is 0 Å². The molecule has 0 unspecified atom stereocenters. The highest BCUT2D eigenvalue weighted by Crippen LogP contribution is 2.01. The fraction of sp³-hybridized carbons (Fsp3) is 0.400. The molecule has 12 heavy (non-hydrogen) atoms. The molecule has 0 saturated carbocycles. The van der Waals surface area contributed by atoms with Gasteiger partial charge in [-0.2, -0.15) is 10.2 Å². The molecule has 2 nitrogen and oxygen atoms in total. The summed E-state index contributed by atoms with van der Waals surface area (Å²) in [7, 11) is 0. The van der Waals surface area contributed by atoms with Crippen molar-refractivity contribution in [3.8, 4) is 0 Å². The van der Waals surface area contributed by atoms with Gasteiger partial charge in [-0.25, -0.2) is 0 Å². The molecule has 0 fully saturated rings. The Kier molecular flexibility index (Phi) is 3.45. The zero-order valence-corrected chi connectivity index (χ0v) is 7.57. The number of azo groups is 1.